The summed E-state index contributed by atoms with van der Waals surface area (Å²) in [6.45, 7) is 3.95. The summed E-state index contributed by atoms with van der Waals surface area (Å²) in [6, 6.07) is 1.19. The zero-order valence-electron chi connectivity index (χ0n) is 11.5. The molecule has 1 saturated heterocycles. The zero-order valence-corrected chi connectivity index (χ0v) is 11.5. The fourth-order valence-corrected chi connectivity index (χ4v) is 3.84. The Kier molecular flexibility index (Phi) is 3.60. The highest BCUT2D eigenvalue weighted by atomic mass is 16.2. The monoisotopic (exact) mass is 250 g/mol. The van der Waals surface area contributed by atoms with Gasteiger partial charge in [-0.1, -0.05) is 19.8 Å². The molecule has 0 aromatic heterocycles. The summed E-state index contributed by atoms with van der Waals surface area (Å²) in [6.07, 6.45) is 8.99. The van der Waals surface area contributed by atoms with E-state index in [1.165, 1.54) is 44.9 Å². The van der Waals surface area contributed by atoms with Crippen LogP contribution in [0.2, 0.25) is 0 Å². The highest BCUT2D eigenvalue weighted by Crippen LogP contribution is 2.38. The van der Waals surface area contributed by atoms with Crippen LogP contribution >= 0.6 is 0 Å². The van der Waals surface area contributed by atoms with Crippen LogP contribution in [0.15, 0.2) is 0 Å². The first-order chi connectivity index (χ1) is 8.75. The van der Waals surface area contributed by atoms with Crippen LogP contribution in [-0.2, 0) is 4.79 Å². The van der Waals surface area contributed by atoms with Gasteiger partial charge in [-0.3, -0.25) is 4.79 Å². The summed E-state index contributed by atoms with van der Waals surface area (Å²) in [7, 11) is 0. The minimum atomic E-state index is 0.352. The Morgan fingerprint density at radius 2 is 1.94 bits per heavy atom. The summed E-state index contributed by atoms with van der Waals surface area (Å²) >= 11 is 0. The molecule has 3 atom stereocenters. The second-order valence-corrected chi connectivity index (χ2v) is 6.52. The quantitative estimate of drug-likeness (QED) is 0.832. The molecule has 1 N–H and O–H groups in total. The number of hydrogen-bond acceptors (Lipinski definition) is 2. The molecule has 0 spiro atoms. The van der Waals surface area contributed by atoms with Gasteiger partial charge in [0, 0.05) is 18.6 Å². The molecule has 1 amide bonds. The average Bonchev–Trinajstić information content (AvgIpc) is 3.21. The van der Waals surface area contributed by atoms with Crippen molar-refractivity contribution in [2.24, 2.45) is 11.8 Å². The number of fused-ring (bicyclic) bond motifs is 1. The van der Waals surface area contributed by atoms with Crippen LogP contribution in [0.3, 0.4) is 0 Å². The third-order valence-electron chi connectivity index (χ3n) is 5.18. The van der Waals surface area contributed by atoms with E-state index in [2.05, 4.69) is 17.1 Å². The number of piperidine rings is 1. The maximum absolute atomic E-state index is 12.4. The minimum Gasteiger partial charge on any atom is -0.338 e. The molecule has 3 fully saturated rings. The van der Waals surface area contributed by atoms with Crippen molar-refractivity contribution in [3.63, 3.8) is 0 Å². The molecule has 3 unspecified atom stereocenters. The second-order valence-electron chi connectivity index (χ2n) is 6.52. The summed E-state index contributed by atoms with van der Waals surface area (Å²) in [5, 5.41) is 3.37. The Labute approximate surface area is 110 Å². The van der Waals surface area contributed by atoms with Crippen LogP contribution in [0, 0.1) is 11.8 Å². The molecule has 2 saturated carbocycles. The van der Waals surface area contributed by atoms with Gasteiger partial charge < -0.3 is 10.2 Å². The predicted molar refractivity (Wildman–Crippen MR) is 72.3 cm³/mol. The molecule has 0 bridgehead atoms. The molecule has 3 nitrogen and oxygen atoms in total. The third-order valence-corrected chi connectivity index (χ3v) is 5.18. The lowest BCUT2D eigenvalue weighted by molar-refractivity contribution is -0.138. The molecular weight excluding hydrogens is 224 g/mol. The Morgan fingerprint density at radius 3 is 2.72 bits per heavy atom. The van der Waals surface area contributed by atoms with Crippen LogP contribution in [-0.4, -0.2) is 36.0 Å². The van der Waals surface area contributed by atoms with Crippen molar-refractivity contribution < 1.29 is 4.79 Å². The number of amides is 1. The first-order valence-corrected chi connectivity index (χ1v) is 7.78. The highest BCUT2D eigenvalue weighted by Gasteiger charge is 2.39. The average molecular weight is 250 g/mol. The standard InChI is InChI=1S/C15H26N2O/c1-11-8-9-17(14-5-3-2-4-13(11)14)15(18)10-16-12-6-7-12/h11-14,16H,2-10H2,1H3. The van der Waals surface area contributed by atoms with Crippen molar-refractivity contribution in [3.8, 4) is 0 Å². The van der Waals surface area contributed by atoms with Crippen LogP contribution in [0.25, 0.3) is 0 Å². The van der Waals surface area contributed by atoms with Gasteiger partial charge in [0.05, 0.1) is 6.54 Å². The molecule has 18 heavy (non-hydrogen) atoms. The van der Waals surface area contributed by atoms with Gasteiger partial charge in [0.1, 0.15) is 0 Å². The van der Waals surface area contributed by atoms with Gasteiger partial charge >= 0.3 is 0 Å². The van der Waals surface area contributed by atoms with Crippen molar-refractivity contribution in [2.75, 3.05) is 13.1 Å². The third kappa shape index (κ3) is 2.56. The highest BCUT2D eigenvalue weighted by molar-refractivity contribution is 5.78. The Balaban J connectivity index is 1.60. The number of rotatable bonds is 3. The van der Waals surface area contributed by atoms with E-state index in [4.69, 9.17) is 0 Å². The Bertz CT molecular complexity index is 314. The van der Waals surface area contributed by atoms with Gasteiger partial charge in [-0.15, -0.1) is 0 Å². The fourth-order valence-electron chi connectivity index (χ4n) is 3.84. The second kappa shape index (κ2) is 5.20. The first kappa shape index (κ1) is 12.5. The van der Waals surface area contributed by atoms with E-state index in [0.29, 0.717) is 24.5 Å². The Morgan fingerprint density at radius 1 is 1.17 bits per heavy atom. The molecule has 3 heteroatoms. The smallest absolute Gasteiger partial charge is 0.236 e. The molecule has 1 heterocycles. The first-order valence-electron chi connectivity index (χ1n) is 7.78. The summed E-state index contributed by atoms with van der Waals surface area (Å²) < 4.78 is 0. The Hall–Kier alpha value is -0.570. The lowest BCUT2D eigenvalue weighted by atomic mass is 9.72. The molecule has 0 aromatic rings. The molecule has 3 aliphatic rings. The van der Waals surface area contributed by atoms with Crippen LogP contribution in [0.1, 0.15) is 51.9 Å². The van der Waals surface area contributed by atoms with Gasteiger partial charge in [0.25, 0.3) is 0 Å². The molecule has 1 aliphatic heterocycles. The molecular formula is C15H26N2O. The van der Waals surface area contributed by atoms with E-state index in [9.17, 15) is 4.79 Å². The molecule has 102 valence electrons. The van der Waals surface area contributed by atoms with E-state index in [1.807, 2.05) is 0 Å². The number of carbonyl (C=O) groups is 1. The van der Waals surface area contributed by atoms with Crippen LogP contribution < -0.4 is 5.32 Å². The number of carbonyl (C=O) groups excluding carboxylic acids is 1. The predicted octanol–water partition coefficient (Wildman–Crippen LogP) is 2.17. The molecule has 0 radical (unpaired) electrons. The van der Waals surface area contributed by atoms with Crippen molar-refractivity contribution >= 4 is 5.91 Å². The van der Waals surface area contributed by atoms with Gasteiger partial charge in [-0.05, 0) is 43.9 Å². The lowest BCUT2D eigenvalue weighted by Gasteiger charge is -2.47. The van der Waals surface area contributed by atoms with Crippen molar-refractivity contribution in [1.82, 2.24) is 10.2 Å². The maximum atomic E-state index is 12.4. The molecule has 3 rings (SSSR count). The van der Waals surface area contributed by atoms with Crippen molar-refractivity contribution in [1.29, 1.82) is 0 Å². The van der Waals surface area contributed by atoms with Crippen LogP contribution in [0.5, 0.6) is 0 Å². The lowest BCUT2D eigenvalue weighted by Crippen LogP contribution is -2.54. The minimum absolute atomic E-state index is 0.352. The summed E-state index contributed by atoms with van der Waals surface area (Å²) in [4.78, 5) is 14.6. The van der Waals surface area contributed by atoms with Gasteiger partial charge in [-0.25, -0.2) is 0 Å². The topological polar surface area (TPSA) is 32.3 Å². The molecule has 0 aromatic carbocycles. The summed E-state index contributed by atoms with van der Waals surface area (Å²) in [5.74, 6) is 1.94. The van der Waals surface area contributed by atoms with E-state index in [1.54, 1.807) is 0 Å². The van der Waals surface area contributed by atoms with Gasteiger partial charge in [0.2, 0.25) is 5.91 Å². The van der Waals surface area contributed by atoms with Crippen LogP contribution in [0.4, 0.5) is 0 Å². The SMILES string of the molecule is CC1CCN(C(=O)CNC2CC2)C2CCCCC12. The maximum Gasteiger partial charge on any atom is 0.236 e. The summed E-state index contributed by atoms with van der Waals surface area (Å²) in [5.41, 5.74) is 0. The van der Waals surface area contributed by atoms with E-state index in [-0.39, 0.29) is 0 Å². The van der Waals surface area contributed by atoms with E-state index >= 15 is 0 Å². The van der Waals surface area contributed by atoms with E-state index in [0.717, 1.165) is 18.4 Å². The number of likely N-dealkylation sites (tertiary alicyclic amines) is 1. The zero-order chi connectivity index (χ0) is 12.5. The largest absolute Gasteiger partial charge is 0.338 e. The van der Waals surface area contributed by atoms with Crippen molar-refractivity contribution in [3.05, 3.63) is 0 Å². The van der Waals surface area contributed by atoms with Gasteiger partial charge in [-0.2, -0.15) is 0 Å². The number of nitrogens with zero attached hydrogens (tertiary/aromatic N) is 1. The van der Waals surface area contributed by atoms with E-state index < -0.39 is 0 Å². The molecule has 2 aliphatic carbocycles. The van der Waals surface area contributed by atoms with Gasteiger partial charge in [0.15, 0.2) is 0 Å². The normalized spacial score (nSPS) is 36.3. The number of nitrogens with one attached hydrogen (secondary N) is 1. The number of hydrogen-bond donors (Lipinski definition) is 1. The fraction of sp³-hybridized carbons (Fsp3) is 0.933. The van der Waals surface area contributed by atoms with Crippen molar-refractivity contribution in [2.45, 2.75) is 64.0 Å².